The van der Waals surface area contributed by atoms with Crippen LogP contribution in [-0.4, -0.2) is 23.1 Å². The topological polar surface area (TPSA) is 87.5 Å². The highest BCUT2D eigenvalue weighted by molar-refractivity contribution is 7.91. The van der Waals surface area contributed by atoms with Crippen molar-refractivity contribution in [1.29, 1.82) is 0 Å². The molecule has 7 nitrogen and oxygen atoms in total. The minimum Gasteiger partial charge on any atom is -0.493 e. The lowest BCUT2D eigenvalue weighted by Gasteiger charge is -2.33. The van der Waals surface area contributed by atoms with Crippen molar-refractivity contribution in [2.24, 2.45) is 5.92 Å². The van der Waals surface area contributed by atoms with Crippen LogP contribution in [-0.2, 0) is 10.2 Å². The van der Waals surface area contributed by atoms with Crippen molar-refractivity contribution in [3.8, 4) is 33.8 Å². The van der Waals surface area contributed by atoms with Gasteiger partial charge in [0.1, 0.15) is 5.82 Å². The maximum absolute atomic E-state index is 12.5. The Labute approximate surface area is 278 Å². The summed E-state index contributed by atoms with van der Waals surface area (Å²) in [6, 6.07) is 31.8. The van der Waals surface area contributed by atoms with E-state index in [1.54, 1.807) is 18.2 Å². The Kier molecular flexibility index (Phi) is 8.27. The smallest absolute Gasteiger partial charge is 0.330 e. The number of anilines is 1. The first-order valence-corrected chi connectivity index (χ1v) is 17.5. The van der Waals surface area contributed by atoms with E-state index in [9.17, 15) is 13.5 Å². The summed E-state index contributed by atoms with van der Waals surface area (Å²) in [4.78, 5) is 5.15. The molecule has 2 N–H and O–H groups in total. The summed E-state index contributed by atoms with van der Waals surface area (Å²) >= 11 is 12.9. The third-order valence-corrected chi connectivity index (χ3v) is 10.7. The predicted molar refractivity (Wildman–Crippen MR) is 185 cm³/mol. The van der Waals surface area contributed by atoms with Crippen LogP contribution in [0.3, 0.4) is 0 Å². The number of halogens is 2. The number of nitrogens with zero attached hydrogens (tertiary/aromatic N) is 3. The molecule has 7 rings (SSSR count). The zero-order chi connectivity index (χ0) is 31.8. The van der Waals surface area contributed by atoms with Crippen LogP contribution in [0.25, 0.3) is 33.8 Å². The minimum absolute atomic E-state index is 0.00941. The average molecular weight is 672 g/mol. The molecule has 10 heteroatoms. The zero-order valence-electron chi connectivity index (χ0n) is 24.9. The lowest BCUT2D eigenvalue weighted by molar-refractivity contribution is 0.280. The fraction of sp³-hybridized carbons (Fsp3) is 0.194. The molecular formula is C36H32Cl2N4O3S. The van der Waals surface area contributed by atoms with Gasteiger partial charge in [0.05, 0.1) is 28.6 Å². The minimum atomic E-state index is -3.91. The van der Waals surface area contributed by atoms with Crippen LogP contribution < -0.4 is 9.03 Å². The zero-order valence-corrected chi connectivity index (χ0v) is 27.2. The number of aromatic nitrogens is 2. The molecule has 0 amide bonds. The summed E-state index contributed by atoms with van der Waals surface area (Å²) in [6.07, 6.45) is 9.02. The number of nitrogens with one attached hydrogen (secondary N) is 1. The molecule has 1 aromatic heterocycles. The highest BCUT2D eigenvalue weighted by Gasteiger charge is 2.31. The maximum atomic E-state index is 12.5. The number of rotatable bonds is 7. The van der Waals surface area contributed by atoms with Crippen LogP contribution >= 0.6 is 23.2 Å². The Morgan fingerprint density at radius 1 is 0.826 bits per heavy atom. The second-order valence-corrected chi connectivity index (χ2v) is 14.2. The molecule has 4 aromatic carbocycles. The van der Waals surface area contributed by atoms with Crippen LogP contribution in [0.15, 0.2) is 115 Å². The van der Waals surface area contributed by atoms with Gasteiger partial charge in [-0.15, -0.1) is 0 Å². The molecule has 1 aliphatic heterocycles. The van der Waals surface area contributed by atoms with Crippen LogP contribution in [0.2, 0.25) is 10.0 Å². The van der Waals surface area contributed by atoms with Crippen LogP contribution in [0.4, 0.5) is 5.69 Å². The molecule has 1 saturated carbocycles. The van der Waals surface area contributed by atoms with Crippen LogP contribution in [0.1, 0.15) is 43.7 Å². The molecule has 0 radical (unpaired) electrons. The standard InChI is InChI=1S/C36H32Cl2N4O3S/c37-29-17-20-31(32(38)21-29)33-22-41(36(39-33)28-15-18-30(19-16-28)42-23-34(43)40-46(42,44)45)35(26-9-5-2-6-10-26)27-13-11-25(12-14-27)24-7-3-1-4-8-24/h1,3-4,7-8,11-23,26,35,40,43H,2,5-6,9-10H2. The molecule has 234 valence electrons. The van der Waals surface area contributed by atoms with Crippen molar-refractivity contribution in [2.75, 3.05) is 4.31 Å². The van der Waals surface area contributed by atoms with Gasteiger partial charge < -0.3 is 9.67 Å². The first kappa shape index (κ1) is 30.4. The average Bonchev–Trinajstić information content (AvgIpc) is 3.61. The Balaban J connectivity index is 1.36. The van der Waals surface area contributed by atoms with Gasteiger partial charge in [0, 0.05) is 22.3 Å². The summed E-state index contributed by atoms with van der Waals surface area (Å²) in [5.74, 6) is 0.708. The normalized spacial score (nSPS) is 17.0. The molecule has 46 heavy (non-hydrogen) atoms. The molecule has 2 heterocycles. The first-order valence-electron chi connectivity index (χ1n) is 15.3. The maximum Gasteiger partial charge on any atom is 0.330 e. The van der Waals surface area contributed by atoms with Crippen molar-refractivity contribution in [2.45, 2.75) is 38.1 Å². The van der Waals surface area contributed by atoms with E-state index < -0.39 is 16.1 Å². The van der Waals surface area contributed by atoms with Crippen molar-refractivity contribution in [1.82, 2.24) is 14.3 Å². The van der Waals surface area contributed by atoms with Crippen molar-refractivity contribution < 1.29 is 13.5 Å². The number of aliphatic hydroxyl groups excluding tert-OH is 1. The summed E-state index contributed by atoms with van der Waals surface area (Å²) in [5, 5.41) is 10.9. The number of benzene rings is 4. The highest BCUT2D eigenvalue weighted by Crippen LogP contribution is 2.42. The summed E-state index contributed by atoms with van der Waals surface area (Å²) in [5.41, 5.74) is 6.24. The molecule has 1 fully saturated rings. The molecule has 1 atom stereocenters. The van der Waals surface area contributed by atoms with Gasteiger partial charge in [-0.05, 0) is 77.9 Å². The number of imidazole rings is 1. The third kappa shape index (κ3) is 6.00. The highest BCUT2D eigenvalue weighted by atomic mass is 35.5. The van der Waals surface area contributed by atoms with Crippen LogP contribution in [0.5, 0.6) is 0 Å². The molecular weight excluding hydrogens is 639 g/mol. The second kappa shape index (κ2) is 12.5. The number of aliphatic hydroxyl groups is 1. The summed E-state index contributed by atoms with van der Waals surface area (Å²) in [7, 11) is -3.91. The van der Waals surface area contributed by atoms with E-state index >= 15 is 0 Å². The van der Waals surface area contributed by atoms with Crippen LogP contribution in [0, 0.1) is 5.92 Å². The number of hydrogen-bond donors (Lipinski definition) is 2. The third-order valence-electron chi connectivity index (χ3n) is 8.81. The van der Waals surface area contributed by atoms with Gasteiger partial charge in [-0.1, -0.05) is 97.1 Å². The Morgan fingerprint density at radius 2 is 1.50 bits per heavy atom. The molecule has 0 saturated heterocycles. The van der Waals surface area contributed by atoms with Gasteiger partial charge in [-0.25, -0.2) is 14.0 Å². The van der Waals surface area contributed by atoms with Gasteiger partial charge in [0.25, 0.3) is 0 Å². The predicted octanol–water partition coefficient (Wildman–Crippen LogP) is 9.37. The molecule has 1 aliphatic carbocycles. The number of hydrogen-bond acceptors (Lipinski definition) is 4. The quantitative estimate of drug-likeness (QED) is 0.181. The van der Waals surface area contributed by atoms with Gasteiger partial charge >= 0.3 is 10.2 Å². The Morgan fingerprint density at radius 3 is 2.15 bits per heavy atom. The molecule has 0 bridgehead atoms. The van der Waals surface area contributed by atoms with E-state index in [-0.39, 0.29) is 6.04 Å². The Hall–Kier alpha value is -4.24. The van der Waals surface area contributed by atoms with E-state index in [0.29, 0.717) is 21.7 Å². The van der Waals surface area contributed by atoms with E-state index in [1.165, 1.54) is 30.4 Å². The van der Waals surface area contributed by atoms with E-state index in [0.717, 1.165) is 51.6 Å². The van der Waals surface area contributed by atoms with E-state index in [2.05, 4.69) is 64.0 Å². The molecule has 2 aliphatic rings. The largest absolute Gasteiger partial charge is 0.493 e. The SMILES string of the molecule is O=S1(=O)NC(O)=CN1c1ccc(-c2nc(-c3ccc(Cl)cc3Cl)cn2C(c2ccc(-c3ccccc3)cc2)C2CCCCC2)cc1. The Bertz CT molecular complexity index is 2010. The van der Waals surface area contributed by atoms with Crippen molar-refractivity contribution in [3.63, 3.8) is 0 Å². The lowest BCUT2D eigenvalue weighted by Crippen LogP contribution is -2.29. The molecule has 0 spiro atoms. The first-order chi connectivity index (χ1) is 22.3. The fourth-order valence-corrected chi connectivity index (χ4v) is 8.18. The van der Waals surface area contributed by atoms with Crippen molar-refractivity contribution >= 4 is 39.1 Å². The van der Waals surface area contributed by atoms with Gasteiger partial charge in [-0.3, -0.25) is 0 Å². The van der Waals surface area contributed by atoms with Gasteiger partial charge in [-0.2, -0.15) is 8.42 Å². The molecule has 1 unspecified atom stereocenters. The fourth-order valence-electron chi connectivity index (χ4n) is 6.62. The summed E-state index contributed by atoms with van der Waals surface area (Å²) in [6.45, 7) is 0. The van der Waals surface area contributed by atoms with Gasteiger partial charge in [0.2, 0.25) is 5.88 Å². The summed E-state index contributed by atoms with van der Waals surface area (Å²) < 4.78 is 30.4. The monoisotopic (exact) mass is 670 g/mol. The van der Waals surface area contributed by atoms with E-state index in [1.807, 2.05) is 30.3 Å². The van der Waals surface area contributed by atoms with Crippen molar-refractivity contribution in [3.05, 3.63) is 131 Å². The molecule has 5 aromatic rings. The second-order valence-electron chi connectivity index (χ2n) is 11.8. The van der Waals surface area contributed by atoms with Gasteiger partial charge in [0.15, 0.2) is 0 Å². The van der Waals surface area contributed by atoms with E-state index in [4.69, 9.17) is 28.2 Å². The lowest BCUT2D eigenvalue weighted by atomic mass is 9.80.